The van der Waals surface area contributed by atoms with Gasteiger partial charge in [0.2, 0.25) is 0 Å². The van der Waals surface area contributed by atoms with Crippen LogP contribution >= 0.6 is 0 Å². The number of hydrogen-bond donors (Lipinski definition) is 1. The van der Waals surface area contributed by atoms with E-state index >= 15 is 0 Å². The lowest BCUT2D eigenvalue weighted by atomic mass is 9.97. The van der Waals surface area contributed by atoms with E-state index in [0.29, 0.717) is 11.3 Å². The first-order chi connectivity index (χ1) is 9.68. The number of nitrogens with zero attached hydrogens (tertiary/aromatic N) is 3. The van der Waals surface area contributed by atoms with Gasteiger partial charge in [-0.05, 0) is 51.3 Å². The van der Waals surface area contributed by atoms with Crippen molar-refractivity contribution in [3.8, 4) is 11.4 Å². The van der Waals surface area contributed by atoms with Crippen molar-refractivity contribution in [2.24, 2.45) is 7.05 Å². The molecule has 6 nitrogen and oxygen atoms in total. The predicted octanol–water partition coefficient (Wildman–Crippen LogP) is 1.18. The number of phenols is 1. The highest BCUT2D eigenvalue weighted by Crippen LogP contribution is 2.32. The summed E-state index contributed by atoms with van der Waals surface area (Å²) in [6.45, 7) is 8.88. The molecule has 0 amide bonds. The minimum absolute atomic E-state index is 0.147. The maximum absolute atomic E-state index is 12.3. The lowest BCUT2D eigenvalue weighted by Gasteiger charge is -2.18. The average molecular weight is 289 g/mol. The molecule has 0 bridgehead atoms. The molecule has 1 aromatic heterocycles. The minimum atomic E-state index is -0.528. The normalized spacial score (nSPS) is 11.0. The monoisotopic (exact) mass is 289 g/mol. The molecule has 1 N–H and O–H groups in total. The van der Waals surface area contributed by atoms with Crippen molar-refractivity contribution in [3.05, 3.63) is 48.8 Å². The largest absolute Gasteiger partial charge is 0.507 e. The van der Waals surface area contributed by atoms with Gasteiger partial charge in [-0.25, -0.2) is 4.79 Å². The van der Waals surface area contributed by atoms with Crippen molar-refractivity contribution in [2.75, 3.05) is 0 Å². The van der Waals surface area contributed by atoms with Crippen LogP contribution in [-0.2, 0) is 7.05 Å². The molecule has 0 fully saturated rings. The second-order valence-electron chi connectivity index (χ2n) is 5.34. The Kier molecular flexibility index (Phi) is 3.49. The summed E-state index contributed by atoms with van der Waals surface area (Å²) in [6, 6.07) is 0. The van der Waals surface area contributed by atoms with E-state index in [4.69, 9.17) is 0 Å². The topological polar surface area (TPSA) is 77.1 Å². The summed E-state index contributed by atoms with van der Waals surface area (Å²) >= 11 is 0. The highest BCUT2D eigenvalue weighted by atomic mass is 16.3. The third-order valence-electron chi connectivity index (χ3n) is 4.09. The zero-order chi connectivity index (χ0) is 16.1. The van der Waals surface area contributed by atoms with Crippen molar-refractivity contribution in [1.82, 2.24) is 14.3 Å². The number of phenolic OH excluding ortho intramolecular Hbond substituents is 1. The number of aromatic nitrogens is 3. The van der Waals surface area contributed by atoms with Crippen LogP contribution in [0.25, 0.3) is 5.69 Å². The first-order valence-corrected chi connectivity index (χ1v) is 6.65. The second-order valence-corrected chi connectivity index (χ2v) is 5.34. The number of benzene rings is 1. The molecular formula is C15H19N3O3. The molecule has 1 heterocycles. The Labute approximate surface area is 122 Å². The molecule has 2 rings (SSSR count). The fourth-order valence-corrected chi connectivity index (χ4v) is 2.48. The zero-order valence-electron chi connectivity index (χ0n) is 13.1. The second kappa shape index (κ2) is 4.87. The van der Waals surface area contributed by atoms with Crippen molar-refractivity contribution in [2.45, 2.75) is 34.6 Å². The van der Waals surface area contributed by atoms with Gasteiger partial charge in [0.15, 0.2) is 0 Å². The molecule has 0 atom stereocenters. The molecule has 0 radical (unpaired) electrons. The number of hydrogen-bond acceptors (Lipinski definition) is 4. The highest BCUT2D eigenvalue weighted by molar-refractivity contribution is 5.60. The summed E-state index contributed by atoms with van der Waals surface area (Å²) in [7, 11) is 1.42. The van der Waals surface area contributed by atoms with Gasteiger partial charge in [0, 0.05) is 12.6 Å². The van der Waals surface area contributed by atoms with E-state index in [1.807, 2.05) is 20.8 Å². The molecule has 1 aromatic carbocycles. The first-order valence-electron chi connectivity index (χ1n) is 6.65. The number of aromatic hydroxyl groups is 1. The van der Waals surface area contributed by atoms with E-state index < -0.39 is 11.2 Å². The Morgan fingerprint density at radius 2 is 1.48 bits per heavy atom. The van der Waals surface area contributed by atoms with Crippen LogP contribution in [-0.4, -0.2) is 19.5 Å². The Balaban J connectivity index is 3.00. The van der Waals surface area contributed by atoms with Gasteiger partial charge < -0.3 is 5.11 Å². The maximum atomic E-state index is 12.3. The van der Waals surface area contributed by atoms with Crippen molar-refractivity contribution < 1.29 is 5.11 Å². The molecule has 0 aliphatic rings. The van der Waals surface area contributed by atoms with Crippen LogP contribution in [0.3, 0.4) is 0 Å². The first kappa shape index (κ1) is 15.0. The molecule has 0 aliphatic heterocycles. The fourth-order valence-electron chi connectivity index (χ4n) is 2.48. The minimum Gasteiger partial charge on any atom is -0.507 e. The Morgan fingerprint density at radius 3 is 2.05 bits per heavy atom. The van der Waals surface area contributed by atoms with Crippen LogP contribution in [0.2, 0.25) is 0 Å². The van der Waals surface area contributed by atoms with Gasteiger partial charge in [-0.15, -0.1) is 0 Å². The Bertz CT molecular complexity index is 831. The summed E-state index contributed by atoms with van der Waals surface area (Å²) in [6.07, 6.45) is 0. The molecule has 112 valence electrons. The summed E-state index contributed by atoms with van der Waals surface area (Å²) in [5.74, 6) is 0.147. The summed E-state index contributed by atoms with van der Waals surface area (Å²) in [5, 5.41) is 14.3. The van der Waals surface area contributed by atoms with E-state index in [1.165, 1.54) is 11.7 Å². The summed E-state index contributed by atoms with van der Waals surface area (Å²) in [4.78, 5) is 24.1. The summed E-state index contributed by atoms with van der Waals surface area (Å²) < 4.78 is 2.21. The van der Waals surface area contributed by atoms with Gasteiger partial charge in [0.05, 0.1) is 5.69 Å². The number of aryl methyl sites for hydroxylation is 1. The maximum Gasteiger partial charge on any atom is 0.351 e. The molecule has 0 aliphatic carbocycles. The highest BCUT2D eigenvalue weighted by Gasteiger charge is 2.19. The van der Waals surface area contributed by atoms with Crippen molar-refractivity contribution in [1.29, 1.82) is 0 Å². The number of rotatable bonds is 1. The van der Waals surface area contributed by atoms with Crippen LogP contribution in [0.5, 0.6) is 5.75 Å². The van der Waals surface area contributed by atoms with Crippen LogP contribution in [0.4, 0.5) is 0 Å². The molecular weight excluding hydrogens is 270 g/mol. The molecule has 0 saturated heterocycles. The third kappa shape index (κ3) is 2.07. The van der Waals surface area contributed by atoms with Gasteiger partial charge in [-0.1, -0.05) is 0 Å². The van der Waals surface area contributed by atoms with Crippen LogP contribution in [0, 0.1) is 34.6 Å². The van der Waals surface area contributed by atoms with Gasteiger partial charge in [-0.2, -0.15) is 9.78 Å². The fraction of sp³-hybridized carbons (Fsp3) is 0.400. The summed E-state index contributed by atoms with van der Waals surface area (Å²) in [5.41, 5.74) is 2.92. The van der Waals surface area contributed by atoms with E-state index in [1.54, 1.807) is 13.8 Å². The average Bonchev–Trinajstić information content (AvgIpc) is 2.46. The molecule has 2 aromatic rings. The van der Waals surface area contributed by atoms with Gasteiger partial charge in [0.1, 0.15) is 11.4 Å². The molecule has 0 saturated carbocycles. The van der Waals surface area contributed by atoms with Crippen LogP contribution in [0.15, 0.2) is 9.59 Å². The van der Waals surface area contributed by atoms with E-state index in [2.05, 4.69) is 5.10 Å². The van der Waals surface area contributed by atoms with Crippen molar-refractivity contribution in [3.63, 3.8) is 0 Å². The molecule has 0 spiro atoms. The van der Waals surface area contributed by atoms with Gasteiger partial charge in [-0.3, -0.25) is 9.36 Å². The van der Waals surface area contributed by atoms with Gasteiger partial charge >= 0.3 is 5.69 Å². The standard InChI is InChI=1S/C15H19N3O3/c1-7-8(2)12(10(4)13(19)9(7)3)18-15(21)17(6)14(20)11(5)16-18/h19H,1-6H3. The van der Waals surface area contributed by atoms with E-state index in [9.17, 15) is 14.7 Å². The molecule has 0 unspecified atom stereocenters. The van der Waals surface area contributed by atoms with Crippen molar-refractivity contribution >= 4 is 0 Å². The van der Waals surface area contributed by atoms with E-state index in [-0.39, 0.29) is 11.4 Å². The zero-order valence-corrected chi connectivity index (χ0v) is 13.1. The SMILES string of the molecule is Cc1c(C)c(O)c(C)c(-n2nc(C)c(=O)n(C)c2=O)c1C. The Hall–Kier alpha value is -2.37. The van der Waals surface area contributed by atoms with E-state index in [0.717, 1.165) is 21.3 Å². The predicted molar refractivity (Wildman–Crippen MR) is 80.4 cm³/mol. The molecule has 21 heavy (non-hydrogen) atoms. The lowest BCUT2D eigenvalue weighted by Crippen LogP contribution is -2.40. The smallest absolute Gasteiger partial charge is 0.351 e. The van der Waals surface area contributed by atoms with Crippen LogP contribution < -0.4 is 11.2 Å². The molecule has 6 heteroatoms. The van der Waals surface area contributed by atoms with Crippen LogP contribution in [0.1, 0.15) is 27.9 Å². The quantitative estimate of drug-likeness (QED) is 0.855. The lowest BCUT2D eigenvalue weighted by molar-refractivity contribution is 0.464. The Morgan fingerprint density at radius 1 is 0.905 bits per heavy atom. The van der Waals surface area contributed by atoms with Gasteiger partial charge in [0.25, 0.3) is 5.56 Å². The third-order valence-corrected chi connectivity index (χ3v) is 4.09.